The van der Waals surface area contributed by atoms with E-state index in [4.69, 9.17) is 28.9 Å². The van der Waals surface area contributed by atoms with E-state index in [1.807, 2.05) is 0 Å². The Kier molecular flexibility index (Phi) is 4.09. The Morgan fingerprint density at radius 1 is 1.37 bits per heavy atom. The first-order valence-electron chi connectivity index (χ1n) is 5.09. The van der Waals surface area contributed by atoms with E-state index in [0.29, 0.717) is 20.7 Å². The van der Waals surface area contributed by atoms with E-state index in [9.17, 15) is 9.90 Å². The topological polar surface area (TPSA) is 76.2 Å². The highest BCUT2D eigenvalue weighted by Gasteiger charge is 2.15. The first-order chi connectivity index (χ1) is 8.99. The van der Waals surface area contributed by atoms with Crippen LogP contribution in [-0.2, 0) is 4.79 Å². The lowest BCUT2D eigenvalue weighted by Gasteiger charge is -2.03. The quantitative estimate of drug-likeness (QED) is 0.848. The number of hydrogen-bond donors (Lipinski definition) is 2. The van der Waals surface area contributed by atoms with Gasteiger partial charge in [-0.1, -0.05) is 29.3 Å². The van der Waals surface area contributed by atoms with Gasteiger partial charge in [0.2, 0.25) is 0 Å². The minimum Gasteiger partial charge on any atom is -0.478 e. The van der Waals surface area contributed by atoms with Crippen LogP contribution in [0.5, 0.6) is 0 Å². The Morgan fingerprint density at radius 3 is 2.47 bits per heavy atom. The van der Waals surface area contributed by atoms with Crippen molar-refractivity contribution in [3.8, 4) is 0 Å². The van der Waals surface area contributed by atoms with Crippen molar-refractivity contribution in [2.24, 2.45) is 0 Å². The van der Waals surface area contributed by atoms with Crippen LogP contribution in [0, 0.1) is 0 Å². The third-order valence-corrected chi connectivity index (χ3v) is 3.65. The highest BCUT2D eigenvalue weighted by Crippen LogP contribution is 2.29. The number of carboxylic acids is 1. The number of nitrogens with two attached hydrogens (primary N) is 1. The van der Waals surface area contributed by atoms with Gasteiger partial charge >= 0.3 is 5.97 Å². The van der Waals surface area contributed by atoms with E-state index in [-0.39, 0.29) is 11.3 Å². The second-order valence-corrected chi connectivity index (χ2v) is 5.27. The molecule has 0 saturated heterocycles. The number of rotatable bonds is 3. The van der Waals surface area contributed by atoms with Gasteiger partial charge in [0.15, 0.2) is 5.13 Å². The molecule has 0 aliphatic carbocycles. The largest absolute Gasteiger partial charge is 0.478 e. The molecular formula is C12H8Cl2N2O2S. The number of aromatic nitrogens is 1. The van der Waals surface area contributed by atoms with E-state index in [1.54, 1.807) is 23.6 Å². The smallest absolute Gasteiger partial charge is 0.337 e. The van der Waals surface area contributed by atoms with Gasteiger partial charge in [0, 0.05) is 21.0 Å². The van der Waals surface area contributed by atoms with Gasteiger partial charge in [-0.25, -0.2) is 9.78 Å². The van der Waals surface area contributed by atoms with Crippen molar-refractivity contribution in [3.63, 3.8) is 0 Å². The molecule has 4 nitrogen and oxygen atoms in total. The lowest BCUT2D eigenvalue weighted by atomic mass is 10.1. The molecule has 0 saturated carbocycles. The Bertz CT molecular complexity index is 647. The van der Waals surface area contributed by atoms with Crippen LogP contribution in [0.4, 0.5) is 5.13 Å². The molecule has 0 aliphatic heterocycles. The number of nitrogen functional groups attached to an aromatic ring is 1. The molecule has 0 fully saturated rings. The molecule has 3 N–H and O–H groups in total. The highest BCUT2D eigenvalue weighted by atomic mass is 35.5. The molecule has 19 heavy (non-hydrogen) atoms. The van der Waals surface area contributed by atoms with Gasteiger partial charge in [0.25, 0.3) is 0 Å². The Hall–Kier alpha value is -1.56. The summed E-state index contributed by atoms with van der Waals surface area (Å²) in [5.74, 6) is -1.12. The first kappa shape index (κ1) is 13.9. The van der Waals surface area contributed by atoms with Crippen molar-refractivity contribution >= 4 is 57.3 Å². The van der Waals surface area contributed by atoms with Crippen LogP contribution in [0.15, 0.2) is 23.6 Å². The molecule has 98 valence electrons. The predicted octanol–water partition coefficient (Wildman–Crippen LogP) is 3.66. The van der Waals surface area contributed by atoms with Gasteiger partial charge in [0.05, 0.1) is 11.3 Å². The second-order valence-electron chi connectivity index (χ2n) is 3.57. The standard InChI is InChI=1S/C12H8Cl2N2O2S/c13-8-2-1-3-9(14)6(8)4-7(11(17)18)10-5-19-12(15)16-10/h1-5H,(H2,15,16)(H,17,18)/b7-4-. The fourth-order valence-corrected chi connectivity index (χ4v) is 2.52. The van der Waals surface area contributed by atoms with Crippen LogP contribution >= 0.6 is 34.5 Å². The lowest BCUT2D eigenvalue weighted by molar-refractivity contribution is -0.130. The average Bonchev–Trinajstić information content (AvgIpc) is 2.74. The van der Waals surface area contributed by atoms with Gasteiger partial charge in [-0.15, -0.1) is 11.3 Å². The number of aliphatic carboxylic acids is 1. The van der Waals surface area contributed by atoms with Crippen LogP contribution < -0.4 is 5.73 Å². The molecule has 0 unspecified atom stereocenters. The minimum absolute atomic E-state index is 0.0112. The highest BCUT2D eigenvalue weighted by molar-refractivity contribution is 7.13. The fraction of sp³-hybridized carbons (Fsp3) is 0. The third kappa shape index (κ3) is 3.07. The number of carboxylic acid groups (broad SMARTS) is 1. The maximum Gasteiger partial charge on any atom is 0.337 e. The molecule has 0 radical (unpaired) electrons. The molecule has 2 aromatic rings. The number of halogens is 2. The Morgan fingerprint density at radius 2 is 2.00 bits per heavy atom. The molecule has 0 spiro atoms. The number of thiazole rings is 1. The van der Waals surface area contributed by atoms with Gasteiger partial charge in [-0.05, 0) is 18.2 Å². The molecule has 0 atom stereocenters. The Balaban J connectivity index is 2.57. The van der Waals surface area contributed by atoms with Crippen molar-refractivity contribution in [2.75, 3.05) is 5.73 Å². The summed E-state index contributed by atoms with van der Waals surface area (Å²) in [5.41, 5.74) is 6.22. The lowest BCUT2D eigenvalue weighted by Crippen LogP contribution is -2.00. The summed E-state index contributed by atoms with van der Waals surface area (Å²) in [6, 6.07) is 4.95. The summed E-state index contributed by atoms with van der Waals surface area (Å²) < 4.78 is 0. The number of benzene rings is 1. The number of carbonyl (C=O) groups is 1. The summed E-state index contributed by atoms with van der Waals surface area (Å²) in [6.07, 6.45) is 1.39. The van der Waals surface area contributed by atoms with Crippen LogP contribution in [0.25, 0.3) is 11.6 Å². The summed E-state index contributed by atoms with van der Waals surface area (Å²) in [6.45, 7) is 0. The zero-order valence-electron chi connectivity index (χ0n) is 9.43. The van der Waals surface area contributed by atoms with Gasteiger partial charge < -0.3 is 10.8 Å². The van der Waals surface area contributed by atoms with Crippen LogP contribution in [-0.4, -0.2) is 16.1 Å². The van der Waals surface area contributed by atoms with Gasteiger partial charge in [0.1, 0.15) is 0 Å². The normalized spacial score (nSPS) is 11.6. The van der Waals surface area contributed by atoms with Crippen LogP contribution in [0.1, 0.15) is 11.3 Å². The van der Waals surface area contributed by atoms with E-state index in [1.165, 1.54) is 17.4 Å². The molecule has 7 heteroatoms. The van der Waals surface area contributed by atoms with Crippen LogP contribution in [0.3, 0.4) is 0 Å². The maximum absolute atomic E-state index is 11.3. The fourth-order valence-electron chi connectivity index (χ4n) is 1.45. The maximum atomic E-state index is 11.3. The molecule has 1 aromatic carbocycles. The second kappa shape index (κ2) is 5.61. The van der Waals surface area contributed by atoms with E-state index in [0.717, 1.165) is 0 Å². The molecule has 1 aromatic heterocycles. The molecule has 0 aliphatic rings. The van der Waals surface area contributed by atoms with Crippen LogP contribution in [0.2, 0.25) is 10.0 Å². The SMILES string of the molecule is Nc1nc(/C(=C/c2c(Cl)cccc2Cl)C(=O)O)cs1. The van der Waals surface area contributed by atoms with Gasteiger partial charge in [-0.3, -0.25) is 0 Å². The minimum atomic E-state index is -1.12. The monoisotopic (exact) mass is 314 g/mol. The van der Waals surface area contributed by atoms with Crippen molar-refractivity contribution in [3.05, 3.63) is 44.9 Å². The van der Waals surface area contributed by atoms with E-state index < -0.39 is 5.97 Å². The van der Waals surface area contributed by atoms with E-state index >= 15 is 0 Å². The number of hydrogen-bond acceptors (Lipinski definition) is 4. The number of anilines is 1. The van der Waals surface area contributed by atoms with E-state index in [2.05, 4.69) is 4.98 Å². The van der Waals surface area contributed by atoms with Crippen molar-refractivity contribution in [2.45, 2.75) is 0 Å². The van der Waals surface area contributed by atoms with Crippen molar-refractivity contribution < 1.29 is 9.90 Å². The molecule has 0 bridgehead atoms. The van der Waals surface area contributed by atoms with Crippen molar-refractivity contribution in [1.82, 2.24) is 4.98 Å². The molecule has 0 amide bonds. The molecule has 1 heterocycles. The summed E-state index contributed by atoms with van der Waals surface area (Å²) >= 11 is 13.2. The molecular weight excluding hydrogens is 307 g/mol. The zero-order valence-corrected chi connectivity index (χ0v) is 11.8. The molecule has 2 rings (SSSR count). The summed E-state index contributed by atoms with van der Waals surface area (Å²) in [4.78, 5) is 15.3. The Labute approximate surface area is 123 Å². The average molecular weight is 315 g/mol. The van der Waals surface area contributed by atoms with Crippen molar-refractivity contribution in [1.29, 1.82) is 0 Å². The predicted molar refractivity (Wildman–Crippen MR) is 78.5 cm³/mol. The van der Waals surface area contributed by atoms with Gasteiger partial charge in [-0.2, -0.15) is 0 Å². The number of nitrogens with zero attached hydrogens (tertiary/aromatic N) is 1. The first-order valence-corrected chi connectivity index (χ1v) is 6.73. The summed E-state index contributed by atoms with van der Waals surface area (Å²) in [5, 5.41) is 11.9. The zero-order chi connectivity index (χ0) is 14.0. The summed E-state index contributed by atoms with van der Waals surface area (Å²) in [7, 11) is 0. The third-order valence-electron chi connectivity index (χ3n) is 2.32.